The monoisotopic (exact) mass is 534 g/mol. The smallest absolute Gasteiger partial charge is 0.296 e. The molecule has 1 aromatic carbocycles. The number of aromatic amines is 1. The van der Waals surface area contributed by atoms with Gasteiger partial charge in [-0.2, -0.15) is 4.98 Å². The maximum Gasteiger partial charge on any atom is 0.296 e. The minimum absolute atomic E-state index is 0.0197. The minimum Gasteiger partial charge on any atom is -0.456 e. The van der Waals surface area contributed by atoms with Gasteiger partial charge in [-0.05, 0) is 29.2 Å². The first-order valence-corrected chi connectivity index (χ1v) is 12.7. The van der Waals surface area contributed by atoms with Crippen LogP contribution in [0.25, 0.3) is 22.4 Å². The maximum absolute atomic E-state index is 9.94. The topological polar surface area (TPSA) is 140 Å². The second kappa shape index (κ2) is 10.3. The van der Waals surface area contributed by atoms with Crippen LogP contribution in [0, 0.1) is 0 Å². The van der Waals surface area contributed by atoms with Crippen molar-refractivity contribution in [3.05, 3.63) is 77.0 Å². The highest BCUT2D eigenvalue weighted by Crippen LogP contribution is 2.35. The van der Waals surface area contributed by atoms with Gasteiger partial charge in [0, 0.05) is 5.92 Å². The van der Waals surface area contributed by atoms with Gasteiger partial charge in [-0.1, -0.05) is 60.7 Å². The van der Waals surface area contributed by atoms with Gasteiger partial charge in [-0.25, -0.2) is 15.8 Å². The van der Waals surface area contributed by atoms with Crippen LogP contribution in [0.3, 0.4) is 0 Å². The number of aliphatic imine (C=N–C) groups is 1. The van der Waals surface area contributed by atoms with E-state index in [4.69, 9.17) is 36.6 Å². The Balaban J connectivity index is 1.15. The van der Waals surface area contributed by atoms with Gasteiger partial charge >= 0.3 is 0 Å². The van der Waals surface area contributed by atoms with E-state index in [2.05, 4.69) is 45.2 Å². The molecule has 0 saturated carbocycles. The van der Waals surface area contributed by atoms with E-state index < -0.39 is 6.10 Å². The largest absolute Gasteiger partial charge is 0.456 e. The molecule has 2 saturated heterocycles. The number of imidazole rings is 1. The van der Waals surface area contributed by atoms with Gasteiger partial charge in [0.15, 0.2) is 11.8 Å². The van der Waals surface area contributed by atoms with Gasteiger partial charge in [0.25, 0.3) is 6.01 Å². The number of benzene rings is 1. The number of hydrogen-bond acceptors (Lipinski definition) is 8. The Bertz CT molecular complexity index is 1450. The molecule has 5 atom stereocenters. The summed E-state index contributed by atoms with van der Waals surface area (Å²) in [5.41, 5.74) is 8.09. The van der Waals surface area contributed by atoms with Crippen LogP contribution in [0.5, 0.6) is 6.01 Å². The lowest BCUT2D eigenvalue weighted by Gasteiger charge is -2.17. The maximum atomic E-state index is 9.94. The number of allylic oxidation sites excluding steroid dienone is 4. The SMILES string of the molecule is C=C(/N=C\NN)c1ccc(C2=CCC(c3nc4nc(O[C@@H]5CO[C@H]6[C@@H]5OC[C@H]6O)[nH]c4cc3Cl)C=C2)cc1. The molecule has 38 heavy (non-hydrogen) atoms. The number of H-pyrrole nitrogens is 1. The van der Waals surface area contributed by atoms with Gasteiger partial charge in [0.2, 0.25) is 0 Å². The first-order chi connectivity index (χ1) is 18.5. The molecule has 0 amide bonds. The van der Waals surface area contributed by atoms with Crippen LogP contribution >= 0.6 is 11.6 Å². The molecule has 0 spiro atoms. The second-order valence-corrected chi connectivity index (χ2v) is 9.80. The zero-order valence-corrected chi connectivity index (χ0v) is 21.1. The molecule has 3 aromatic rings. The molecule has 2 aliphatic heterocycles. The third-order valence-electron chi connectivity index (χ3n) is 6.97. The van der Waals surface area contributed by atoms with Crippen molar-refractivity contribution >= 4 is 40.4 Å². The standard InChI is InChI=1S/C27H27ClN6O4/c1-14(30-13-31-29)15-2-4-16(5-3-15)17-6-8-18(9-7-17)23-19(28)10-20-26(33-23)34-27(32-20)38-22-12-37-24-21(35)11-36-25(22)24/h2-8,10,13,18,21-22,24-25,35H,1,9,11-12,29H2,(H,30,31)(H,32,33,34)/t18?,21-,22-,24-,25-/m1/s1. The first-order valence-electron chi connectivity index (χ1n) is 12.3. The Morgan fingerprint density at radius 3 is 2.82 bits per heavy atom. The summed E-state index contributed by atoms with van der Waals surface area (Å²) in [6.45, 7) is 4.50. The first kappa shape index (κ1) is 24.8. The molecule has 11 heteroatoms. The molecule has 10 nitrogen and oxygen atoms in total. The Labute approximate surface area is 223 Å². The van der Waals surface area contributed by atoms with E-state index in [0.717, 1.165) is 28.8 Å². The molecule has 0 radical (unpaired) electrons. The average Bonchev–Trinajstić information content (AvgIpc) is 3.63. The Kier molecular flexibility index (Phi) is 6.73. The summed E-state index contributed by atoms with van der Waals surface area (Å²) < 4.78 is 17.3. The van der Waals surface area contributed by atoms with Crippen molar-refractivity contribution in [1.29, 1.82) is 0 Å². The predicted molar refractivity (Wildman–Crippen MR) is 145 cm³/mol. The number of rotatable bonds is 7. The highest BCUT2D eigenvalue weighted by atomic mass is 35.5. The lowest BCUT2D eigenvalue weighted by atomic mass is 9.90. The van der Waals surface area contributed by atoms with Gasteiger partial charge in [-0.3, -0.25) is 0 Å². The van der Waals surface area contributed by atoms with Crippen molar-refractivity contribution in [2.24, 2.45) is 10.8 Å². The van der Waals surface area contributed by atoms with E-state index in [1.807, 2.05) is 30.3 Å². The number of nitrogens with zero attached hydrogens (tertiary/aromatic N) is 3. The average molecular weight is 535 g/mol. The normalized spacial score (nSPS) is 26.6. The zero-order chi connectivity index (χ0) is 26.2. The van der Waals surface area contributed by atoms with Crippen LogP contribution in [-0.4, -0.2) is 64.0 Å². The van der Waals surface area contributed by atoms with Crippen LogP contribution in [0.4, 0.5) is 0 Å². The number of ether oxygens (including phenoxy) is 3. The van der Waals surface area contributed by atoms with Crippen molar-refractivity contribution in [1.82, 2.24) is 20.4 Å². The van der Waals surface area contributed by atoms with Crippen LogP contribution < -0.4 is 16.0 Å². The van der Waals surface area contributed by atoms with Crippen LogP contribution in [-0.2, 0) is 9.47 Å². The lowest BCUT2D eigenvalue weighted by Crippen LogP contribution is -2.34. The van der Waals surface area contributed by atoms with Crippen LogP contribution in [0.15, 0.2) is 60.1 Å². The Morgan fingerprint density at radius 1 is 1.24 bits per heavy atom. The molecule has 4 heterocycles. The number of halogens is 1. The van der Waals surface area contributed by atoms with Crippen molar-refractivity contribution in [2.75, 3.05) is 13.2 Å². The highest BCUT2D eigenvalue weighted by molar-refractivity contribution is 6.31. The fourth-order valence-electron chi connectivity index (χ4n) is 5.00. The Morgan fingerprint density at radius 2 is 2.05 bits per heavy atom. The fourth-order valence-corrected chi connectivity index (χ4v) is 5.29. The van der Waals surface area contributed by atoms with E-state index in [0.29, 0.717) is 34.5 Å². The molecule has 3 aliphatic rings. The molecular formula is C27H27ClN6O4. The number of aliphatic hydroxyl groups excluding tert-OH is 1. The number of aliphatic hydroxyl groups is 1. The minimum atomic E-state index is -0.635. The van der Waals surface area contributed by atoms with E-state index >= 15 is 0 Å². The van der Waals surface area contributed by atoms with Crippen LogP contribution in [0.2, 0.25) is 5.02 Å². The number of pyridine rings is 1. The quantitative estimate of drug-likeness (QED) is 0.157. The summed E-state index contributed by atoms with van der Waals surface area (Å²) in [5, 5.41) is 10.5. The molecule has 2 aromatic heterocycles. The number of hydrogen-bond donors (Lipinski definition) is 4. The van der Waals surface area contributed by atoms with Gasteiger partial charge in [0.1, 0.15) is 24.7 Å². The molecule has 6 rings (SSSR count). The Hall–Kier alpha value is -3.54. The van der Waals surface area contributed by atoms with Crippen molar-refractivity contribution in [2.45, 2.75) is 36.8 Å². The van der Waals surface area contributed by atoms with Crippen LogP contribution in [0.1, 0.15) is 29.2 Å². The summed E-state index contributed by atoms with van der Waals surface area (Å²) in [5.74, 6) is 5.24. The summed E-state index contributed by atoms with van der Waals surface area (Å²) >= 11 is 6.64. The predicted octanol–water partition coefficient (Wildman–Crippen LogP) is 3.11. The summed E-state index contributed by atoms with van der Waals surface area (Å²) in [7, 11) is 0. The van der Waals surface area contributed by atoms with Crippen molar-refractivity contribution < 1.29 is 19.3 Å². The number of nitrogens with two attached hydrogens (primary N) is 1. The van der Waals surface area contributed by atoms with Gasteiger partial charge < -0.3 is 29.7 Å². The number of nitrogens with one attached hydrogen (secondary N) is 2. The molecule has 2 fully saturated rings. The molecule has 5 N–H and O–H groups in total. The van der Waals surface area contributed by atoms with Crippen molar-refractivity contribution in [3.63, 3.8) is 0 Å². The molecule has 1 aliphatic carbocycles. The van der Waals surface area contributed by atoms with E-state index in [-0.39, 0.29) is 30.8 Å². The third-order valence-corrected chi connectivity index (χ3v) is 7.28. The zero-order valence-electron chi connectivity index (χ0n) is 20.4. The summed E-state index contributed by atoms with van der Waals surface area (Å²) in [4.78, 5) is 16.5. The van der Waals surface area contributed by atoms with E-state index in [9.17, 15) is 5.11 Å². The molecule has 1 unspecified atom stereocenters. The second-order valence-electron chi connectivity index (χ2n) is 9.40. The highest BCUT2D eigenvalue weighted by Gasteiger charge is 2.48. The number of hydrazine groups is 1. The third kappa shape index (κ3) is 4.72. The summed E-state index contributed by atoms with van der Waals surface area (Å²) in [6, 6.07) is 10.2. The van der Waals surface area contributed by atoms with E-state index in [1.54, 1.807) is 0 Å². The molecule has 0 bridgehead atoms. The molecule has 196 valence electrons. The van der Waals surface area contributed by atoms with Gasteiger partial charge in [-0.15, -0.1) is 0 Å². The number of fused-ring (bicyclic) bond motifs is 2. The van der Waals surface area contributed by atoms with Crippen molar-refractivity contribution in [3.8, 4) is 6.01 Å². The van der Waals surface area contributed by atoms with E-state index in [1.165, 1.54) is 6.34 Å². The lowest BCUT2D eigenvalue weighted by molar-refractivity contribution is 0.00706. The van der Waals surface area contributed by atoms with Gasteiger partial charge in [0.05, 0.1) is 35.1 Å². The summed E-state index contributed by atoms with van der Waals surface area (Å²) in [6.07, 6.45) is 6.83. The number of aromatic nitrogens is 3. The molecular weight excluding hydrogens is 508 g/mol. The fraction of sp³-hybridized carbons (Fsp3) is 0.296.